The number of rotatable bonds is 5. The van der Waals surface area contributed by atoms with Crippen LogP contribution in [0.3, 0.4) is 0 Å². The Morgan fingerprint density at radius 2 is 1.82 bits per heavy atom. The summed E-state index contributed by atoms with van der Waals surface area (Å²) in [6.07, 6.45) is 0.653. The Morgan fingerprint density at radius 3 is 2.50 bits per heavy atom. The first kappa shape index (κ1) is 19.9. The van der Waals surface area contributed by atoms with E-state index < -0.39 is 17.6 Å². The lowest BCUT2D eigenvalue weighted by molar-refractivity contribution is 0.0602. The van der Waals surface area contributed by atoms with Crippen LogP contribution in [-0.2, 0) is 11.2 Å². The lowest BCUT2D eigenvalue weighted by Crippen LogP contribution is -2.20. The van der Waals surface area contributed by atoms with Crippen molar-refractivity contribution < 1.29 is 18.3 Å². The van der Waals surface area contributed by atoms with E-state index in [-0.39, 0.29) is 10.8 Å². The lowest BCUT2D eigenvalue weighted by Gasteiger charge is -2.10. The van der Waals surface area contributed by atoms with Crippen molar-refractivity contribution in [1.29, 1.82) is 0 Å². The molecule has 0 bridgehead atoms. The van der Waals surface area contributed by atoms with Crippen LogP contribution in [-0.4, -0.2) is 18.2 Å². The summed E-state index contributed by atoms with van der Waals surface area (Å²) in [5.41, 5.74) is 1.75. The van der Waals surface area contributed by atoms with Crippen molar-refractivity contribution in [3.05, 3.63) is 82.2 Å². The van der Waals surface area contributed by atoms with Gasteiger partial charge in [-0.1, -0.05) is 30.3 Å². The summed E-state index contributed by atoms with van der Waals surface area (Å²) in [6, 6.07) is 15.0. The molecule has 0 amide bonds. The highest BCUT2D eigenvalue weighted by molar-refractivity contribution is 7.80. The van der Waals surface area contributed by atoms with E-state index in [1.165, 1.54) is 24.5 Å². The summed E-state index contributed by atoms with van der Waals surface area (Å²) >= 11 is 6.60. The Hall–Kier alpha value is -2.84. The third kappa shape index (κ3) is 4.90. The van der Waals surface area contributed by atoms with Crippen molar-refractivity contribution in [3.8, 4) is 0 Å². The van der Waals surface area contributed by atoms with Crippen LogP contribution < -0.4 is 10.6 Å². The predicted molar refractivity (Wildman–Crippen MR) is 111 cm³/mol. The highest BCUT2D eigenvalue weighted by Gasteiger charge is 2.18. The normalized spacial score (nSPS) is 10.4. The van der Waals surface area contributed by atoms with Crippen LogP contribution in [0.5, 0.6) is 0 Å². The molecular weight excluding hydrogens is 402 g/mol. The van der Waals surface area contributed by atoms with Gasteiger partial charge in [-0.2, -0.15) is 0 Å². The van der Waals surface area contributed by atoms with Crippen LogP contribution in [0.15, 0.2) is 54.6 Å². The van der Waals surface area contributed by atoms with Crippen LogP contribution in [0.4, 0.5) is 19.5 Å². The van der Waals surface area contributed by atoms with E-state index in [1.807, 2.05) is 30.3 Å². The van der Waals surface area contributed by atoms with Gasteiger partial charge in [-0.25, -0.2) is 13.6 Å². The van der Waals surface area contributed by atoms with E-state index in [9.17, 15) is 13.6 Å². The second-order valence-corrected chi connectivity index (χ2v) is 7.36. The molecule has 8 heteroatoms. The third-order valence-corrected chi connectivity index (χ3v) is 5.07. The van der Waals surface area contributed by atoms with Crippen LogP contribution >= 0.6 is 23.6 Å². The number of anilines is 2. The van der Waals surface area contributed by atoms with Crippen molar-refractivity contribution in [2.45, 2.75) is 6.42 Å². The number of hydrogen-bond acceptors (Lipinski definition) is 4. The Bertz CT molecular complexity index is 1010. The molecule has 1 heterocycles. The number of esters is 1. The van der Waals surface area contributed by atoms with E-state index in [0.29, 0.717) is 17.0 Å². The zero-order valence-electron chi connectivity index (χ0n) is 14.8. The first-order valence-corrected chi connectivity index (χ1v) is 9.46. The molecule has 0 aliphatic rings. The van der Waals surface area contributed by atoms with Crippen molar-refractivity contribution in [2.24, 2.45) is 0 Å². The number of benzene rings is 2. The first-order chi connectivity index (χ1) is 13.5. The number of methoxy groups -OCH3 is 1. The van der Waals surface area contributed by atoms with Gasteiger partial charge in [-0.3, -0.25) is 0 Å². The molecule has 2 aromatic carbocycles. The van der Waals surface area contributed by atoms with Gasteiger partial charge >= 0.3 is 5.97 Å². The molecule has 2 N–H and O–H groups in total. The Kier molecular flexibility index (Phi) is 6.33. The molecule has 0 saturated heterocycles. The summed E-state index contributed by atoms with van der Waals surface area (Å²) in [4.78, 5) is 13.1. The van der Waals surface area contributed by atoms with E-state index in [2.05, 4.69) is 10.6 Å². The fraction of sp³-hybridized carbons (Fsp3) is 0.100. The molecule has 0 fully saturated rings. The number of hydrogen-bond donors (Lipinski definition) is 2. The zero-order valence-corrected chi connectivity index (χ0v) is 16.4. The standard InChI is InChI=1S/C20H16F2N2O2S2/c1-26-19(25)15-11-14(9-12-5-3-2-4-6-12)28-18(15)24-20(27)23-13-7-8-16(21)17(22)10-13/h2-8,10-11H,9H2,1H3,(H2,23,24,27). The average molecular weight is 418 g/mol. The third-order valence-electron chi connectivity index (χ3n) is 3.81. The minimum atomic E-state index is -0.982. The number of carbonyl (C=O) groups excluding carboxylic acids is 1. The molecule has 0 saturated carbocycles. The largest absolute Gasteiger partial charge is 0.465 e. The van der Waals surface area contributed by atoms with Crippen molar-refractivity contribution in [2.75, 3.05) is 17.7 Å². The van der Waals surface area contributed by atoms with Gasteiger partial charge in [0.2, 0.25) is 0 Å². The van der Waals surface area contributed by atoms with Crippen molar-refractivity contribution >= 4 is 45.3 Å². The van der Waals surface area contributed by atoms with Crippen LogP contribution in [0, 0.1) is 11.6 Å². The summed E-state index contributed by atoms with van der Waals surface area (Å²) in [7, 11) is 1.30. The number of ether oxygens (including phenoxy) is 1. The SMILES string of the molecule is COC(=O)c1cc(Cc2ccccc2)sc1NC(=S)Nc1ccc(F)c(F)c1. The second kappa shape index (κ2) is 8.90. The topological polar surface area (TPSA) is 50.4 Å². The number of thiocarbonyl (C=S) groups is 1. The Labute approximate surface area is 170 Å². The highest BCUT2D eigenvalue weighted by Crippen LogP contribution is 2.30. The van der Waals surface area contributed by atoms with Crippen LogP contribution in [0.2, 0.25) is 0 Å². The Balaban J connectivity index is 1.78. The molecule has 0 spiro atoms. The van der Waals surface area contributed by atoms with Gasteiger partial charge in [0.05, 0.1) is 12.7 Å². The molecule has 144 valence electrons. The minimum Gasteiger partial charge on any atom is -0.465 e. The molecule has 0 radical (unpaired) electrons. The van der Waals surface area contributed by atoms with E-state index >= 15 is 0 Å². The number of nitrogens with one attached hydrogen (secondary N) is 2. The van der Waals surface area contributed by atoms with Crippen molar-refractivity contribution in [1.82, 2.24) is 0 Å². The molecule has 28 heavy (non-hydrogen) atoms. The zero-order chi connectivity index (χ0) is 20.1. The molecule has 0 aliphatic carbocycles. The quantitative estimate of drug-likeness (QED) is 0.440. The molecule has 4 nitrogen and oxygen atoms in total. The minimum absolute atomic E-state index is 0.143. The maximum atomic E-state index is 13.3. The molecule has 0 unspecified atom stereocenters. The maximum absolute atomic E-state index is 13.3. The van der Waals surface area contributed by atoms with Crippen molar-refractivity contribution in [3.63, 3.8) is 0 Å². The second-order valence-electron chi connectivity index (χ2n) is 5.82. The average Bonchev–Trinajstić information content (AvgIpc) is 3.06. The van der Waals surface area contributed by atoms with Gasteiger partial charge in [-0.05, 0) is 36.0 Å². The summed E-state index contributed by atoms with van der Waals surface area (Å²) in [5, 5.41) is 6.36. The number of carbonyl (C=O) groups is 1. The van der Waals surface area contributed by atoms with E-state index in [4.69, 9.17) is 17.0 Å². The van der Waals surface area contributed by atoms with Gasteiger partial charge in [-0.15, -0.1) is 11.3 Å². The molecular formula is C20H16F2N2O2S2. The summed E-state index contributed by atoms with van der Waals surface area (Å²) in [5.74, 6) is -2.42. The molecule has 3 aromatic rings. The van der Waals surface area contributed by atoms with Crippen LogP contribution in [0.1, 0.15) is 20.8 Å². The lowest BCUT2D eigenvalue weighted by atomic mass is 10.1. The van der Waals surface area contributed by atoms with E-state index in [0.717, 1.165) is 22.6 Å². The van der Waals surface area contributed by atoms with Gasteiger partial charge < -0.3 is 15.4 Å². The highest BCUT2D eigenvalue weighted by atomic mass is 32.1. The van der Waals surface area contributed by atoms with Gasteiger partial charge in [0.15, 0.2) is 16.7 Å². The Morgan fingerprint density at radius 1 is 1.07 bits per heavy atom. The fourth-order valence-corrected chi connectivity index (χ4v) is 3.89. The van der Waals surface area contributed by atoms with Gasteiger partial charge in [0, 0.05) is 23.1 Å². The first-order valence-electron chi connectivity index (χ1n) is 8.24. The predicted octanol–water partition coefficient (Wildman–Crippen LogP) is 5.21. The fourth-order valence-electron chi connectivity index (χ4n) is 2.52. The monoisotopic (exact) mass is 418 g/mol. The molecule has 1 aromatic heterocycles. The number of thiophene rings is 1. The van der Waals surface area contributed by atoms with Crippen LogP contribution in [0.25, 0.3) is 0 Å². The maximum Gasteiger partial charge on any atom is 0.340 e. The number of halogens is 2. The molecule has 3 rings (SSSR count). The summed E-state index contributed by atoms with van der Waals surface area (Å²) in [6.45, 7) is 0. The van der Waals surface area contributed by atoms with E-state index in [1.54, 1.807) is 6.07 Å². The molecule has 0 atom stereocenters. The van der Waals surface area contributed by atoms with Gasteiger partial charge in [0.25, 0.3) is 0 Å². The summed E-state index contributed by atoms with van der Waals surface area (Å²) < 4.78 is 31.2. The smallest absolute Gasteiger partial charge is 0.340 e. The van der Waals surface area contributed by atoms with Gasteiger partial charge in [0.1, 0.15) is 5.00 Å². The molecule has 0 aliphatic heterocycles.